The summed E-state index contributed by atoms with van der Waals surface area (Å²) in [6.07, 6.45) is 5.34. The van der Waals surface area contributed by atoms with Crippen molar-refractivity contribution in [3.63, 3.8) is 0 Å². The molecule has 9 heteroatoms. The van der Waals surface area contributed by atoms with Gasteiger partial charge in [0.15, 0.2) is 0 Å². The Kier molecular flexibility index (Phi) is 14.7. The number of aliphatic hydroxyl groups is 1. The molecule has 1 saturated carbocycles. The van der Waals surface area contributed by atoms with Crippen LogP contribution in [0.2, 0.25) is 0 Å². The number of carbonyl (C=O) groups is 3. The maximum absolute atomic E-state index is 12.9. The van der Waals surface area contributed by atoms with Gasteiger partial charge in [0.05, 0.1) is 18.7 Å². The molecule has 0 radical (unpaired) electrons. The largest absolute Gasteiger partial charge is 0.492 e. The molecule has 2 aromatic carbocycles. The molecule has 0 aromatic heterocycles. The molecule has 9 nitrogen and oxygen atoms in total. The van der Waals surface area contributed by atoms with Crippen molar-refractivity contribution in [2.24, 2.45) is 5.92 Å². The van der Waals surface area contributed by atoms with Crippen molar-refractivity contribution in [1.29, 1.82) is 0 Å². The maximum Gasteiger partial charge on any atom is 0.240 e. The van der Waals surface area contributed by atoms with Crippen molar-refractivity contribution in [2.75, 3.05) is 40.3 Å². The van der Waals surface area contributed by atoms with Crippen LogP contribution in [0.1, 0.15) is 30.9 Å². The Balaban J connectivity index is 0.000000693. The number of benzene rings is 2. The number of rotatable bonds is 15. The van der Waals surface area contributed by atoms with Crippen molar-refractivity contribution >= 4 is 24.2 Å². The summed E-state index contributed by atoms with van der Waals surface area (Å²) in [5, 5.41) is 18.6. The van der Waals surface area contributed by atoms with Crippen LogP contribution in [0.15, 0.2) is 60.7 Å². The van der Waals surface area contributed by atoms with Crippen LogP contribution in [0.25, 0.3) is 6.08 Å². The minimum atomic E-state index is -0.930. The summed E-state index contributed by atoms with van der Waals surface area (Å²) in [6.45, 7) is 5.09. The quantitative estimate of drug-likeness (QED) is 0.198. The van der Waals surface area contributed by atoms with Gasteiger partial charge in [0.25, 0.3) is 0 Å². The molecule has 0 heterocycles. The van der Waals surface area contributed by atoms with Gasteiger partial charge < -0.3 is 35.5 Å². The van der Waals surface area contributed by atoms with Crippen LogP contribution in [0.4, 0.5) is 0 Å². The van der Waals surface area contributed by atoms with Crippen molar-refractivity contribution in [2.45, 2.75) is 44.9 Å². The summed E-state index contributed by atoms with van der Waals surface area (Å²) in [5.41, 5.74) is 2.21. The number of amides is 2. The Morgan fingerprint density at radius 3 is 2.38 bits per heavy atom. The van der Waals surface area contributed by atoms with Crippen LogP contribution in [-0.2, 0) is 14.4 Å². The number of likely N-dealkylation sites (N-methyl/N-ethyl adjacent to an activating group) is 2. The molecule has 0 saturated heterocycles. The van der Waals surface area contributed by atoms with Crippen LogP contribution in [0, 0.1) is 12.8 Å². The molecule has 218 valence electrons. The van der Waals surface area contributed by atoms with E-state index in [0.717, 1.165) is 18.4 Å². The molecule has 3 rings (SSSR count). The fourth-order valence-corrected chi connectivity index (χ4v) is 4.02. The zero-order valence-electron chi connectivity index (χ0n) is 24.0. The lowest BCUT2D eigenvalue weighted by atomic mass is 10.1. The van der Waals surface area contributed by atoms with Gasteiger partial charge in [-0.15, -0.1) is 0 Å². The minimum Gasteiger partial charge on any atom is -0.492 e. The van der Waals surface area contributed by atoms with Crippen LogP contribution in [-0.4, -0.2) is 86.6 Å². The first kappa shape index (κ1) is 32.7. The summed E-state index contributed by atoms with van der Waals surface area (Å²) >= 11 is 0. The van der Waals surface area contributed by atoms with Gasteiger partial charge in [0.2, 0.25) is 11.8 Å². The number of hydrogen-bond donors (Lipinski definition) is 4. The number of carbonyl (C=O) groups excluding carboxylic acids is 3. The molecule has 1 fully saturated rings. The Morgan fingerprint density at radius 2 is 1.80 bits per heavy atom. The molecule has 4 N–H and O–H groups in total. The summed E-state index contributed by atoms with van der Waals surface area (Å²) in [6, 6.07) is 16.6. The number of aliphatic hydroxyl groups excluding tert-OH is 1. The first-order valence-corrected chi connectivity index (χ1v) is 13.7. The first-order valence-electron chi connectivity index (χ1n) is 13.7. The van der Waals surface area contributed by atoms with Gasteiger partial charge in [-0.3, -0.25) is 9.59 Å². The van der Waals surface area contributed by atoms with E-state index in [1.165, 1.54) is 17.4 Å². The van der Waals surface area contributed by atoms with Gasteiger partial charge in [0.1, 0.15) is 24.7 Å². The lowest BCUT2D eigenvalue weighted by Crippen LogP contribution is -2.53. The molecule has 0 bridgehead atoms. The zero-order valence-corrected chi connectivity index (χ0v) is 24.0. The average Bonchev–Trinajstić information content (AvgIpc) is 3.78. The van der Waals surface area contributed by atoms with E-state index < -0.39 is 18.2 Å². The number of para-hydroxylation sites is 1. The zero-order chi connectivity index (χ0) is 29.3. The molecule has 3 atom stereocenters. The molecular weight excluding hydrogens is 508 g/mol. The van der Waals surface area contributed by atoms with Crippen LogP contribution in [0.3, 0.4) is 0 Å². The number of hydrogen-bond acceptors (Lipinski definition) is 7. The Hall–Kier alpha value is -3.53. The fourth-order valence-electron chi connectivity index (χ4n) is 4.02. The van der Waals surface area contributed by atoms with Gasteiger partial charge in [0, 0.05) is 25.7 Å². The second-order valence-electron chi connectivity index (χ2n) is 9.86. The molecule has 2 aromatic rings. The topological polar surface area (TPSA) is 120 Å². The van der Waals surface area contributed by atoms with E-state index in [0.29, 0.717) is 31.7 Å². The summed E-state index contributed by atoms with van der Waals surface area (Å²) in [7, 11) is 3.27. The molecule has 2 amide bonds. The van der Waals surface area contributed by atoms with E-state index in [9.17, 15) is 19.5 Å². The van der Waals surface area contributed by atoms with Crippen molar-refractivity contribution in [3.8, 4) is 5.75 Å². The van der Waals surface area contributed by atoms with Crippen LogP contribution in [0.5, 0.6) is 5.75 Å². The first-order chi connectivity index (χ1) is 19.3. The molecule has 3 unspecified atom stereocenters. The van der Waals surface area contributed by atoms with Gasteiger partial charge in [-0.25, -0.2) is 0 Å². The fraction of sp³-hybridized carbons (Fsp3) is 0.452. The lowest BCUT2D eigenvalue weighted by Gasteiger charge is -2.30. The van der Waals surface area contributed by atoms with Gasteiger partial charge in [-0.2, -0.15) is 0 Å². The number of ether oxygens (including phenoxy) is 1. The maximum atomic E-state index is 12.9. The predicted molar refractivity (Wildman–Crippen MR) is 158 cm³/mol. The molecule has 0 aliphatic heterocycles. The highest BCUT2D eigenvalue weighted by Gasteiger charge is 2.39. The van der Waals surface area contributed by atoms with E-state index in [-0.39, 0.29) is 24.3 Å². The van der Waals surface area contributed by atoms with E-state index in [4.69, 9.17) is 4.74 Å². The molecule has 1 aliphatic carbocycles. The third-order valence-electron chi connectivity index (χ3n) is 6.42. The SMILES string of the molecule is CNCC(=O)NC/C=C/c1ccccc1OCCNC(C(=O)N(C)C(C=O)C(C)O)C1CC1.Cc1ccccc1. The van der Waals surface area contributed by atoms with E-state index in [1.807, 2.05) is 54.6 Å². The molecular formula is C31H44N4O5. The second-order valence-corrected chi connectivity index (χ2v) is 9.86. The average molecular weight is 553 g/mol. The van der Waals surface area contributed by atoms with Crippen molar-refractivity contribution < 1.29 is 24.2 Å². The molecule has 1 aliphatic rings. The molecule has 0 spiro atoms. The van der Waals surface area contributed by atoms with E-state index in [1.54, 1.807) is 14.1 Å². The highest BCUT2D eigenvalue weighted by Crippen LogP contribution is 2.33. The normalized spacial score (nSPS) is 14.8. The van der Waals surface area contributed by atoms with Crippen LogP contribution >= 0.6 is 0 Å². The Morgan fingerprint density at radius 1 is 1.12 bits per heavy atom. The molecule has 40 heavy (non-hydrogen) atoms. The number of nitrogens with zero attached hydrogens (tertiary/aromatic N) is 1. The predicted octanol–water partition coefficient (Wildman–Crippen LogP) is 2.18. The van der Waals surface area contributed by atoms with Crippen molar-refractivity contribution in [3.05, 3.63) is 71.8 Å². The standard InChI is InChI=1S/C24H36N4O5.C7H8/c1-17(30)20(16-29)28(3)24(32)23(19-10-11-19)27-13-14-33-21-9-5-4-7-18(21)8-6-12-26-22(31)15-25-2;1-7-5-3-2-4-6-7/h4-9,16-17,19-20,23,25,27,30H,10-15H2,1-3H3,(H,26,31);2-6H,1H3/b8-6+;. The number of nitrogens with one attached hydrogen (secondary N) is 3. The number of aldehydes is 1. The third-order valence-corrected chi connectivity index (χ3v) is 6.42. The smallest absolute Gasteiger partial charge is 0.240 e. The van der Waals surface area contributed by atoms with Crippen LogP contribution < -0.4 is 20.7 Å². The summed E-state index contributed by atoms with van der Waals surface area (Å²) < 4.78 is 5.92. The summed E-state index contributed by atoms with van der Waals surface area (Å²) in [5.74, 6) is 0.670. The number of aryl methyl sites for hydroxylation is 1. The summed E-state index contributed by atoms with van der Waals surface area (Å²) in [4.78, 5) is 37.0. The van der Waals surface area contributed by atoms with E-state index >= 15 is 0 Å². The lowest BCUT2D eigenvalue weighted by molar-refractivity contribution is -0.140. The highest BCUT2D eigenvalue weighted by molar-refractivity contribution is 5.85. The third kappa shape index (κ3) is 11.7. The highest BCUT2D eigenvalue weighted by atomic mass is 16.5. The minimum absolute atomic E-state index is 0.0731. The van der Waals surface area contributed by atoms with Crippen molar-refractivity contribution in [1.82, 2.24) is 20.9 Å². The Labute approximate surface area is 238 Å². The van der Waals surface area contributed by atoms with Gasteiger partial charge in [-0.1, -0.05) is 66.2 Å². The Bertz CT molecular complexity index is 1070. The van der Waals surface area contributed by atoms with Gasteiger partial charge >= 0.3 is 0 Å². The monoisotopic (exact) mass is 552 g/mol. The van der Waals surface area contributed by atoms with E-state index in [2.05, 4.69) is 35.0 Å². The van der Waals surface area contributed by atoms with Gasteiger partial charge in [-0.05, 0) is 45.7 Å². The second kappa shape index (κ2) is 17.9.